The lowest BCUT2D eigenvalue weighted by molar-refractivity contribution is -0.128. The summed E-state index contributed by atoms with van der Waals surface area (Å²) in [7, 11) is 0. The van der Waals surface area contributed by atoms with Crippen LogP contribution < -0.4 is 5.73 Å². The number of aromatic nitrogens is 2. The summed E-state index contributed by atoms with van der Waals surface area (Å²) in [6, 6.07) is 3.18. The molecular weight excluding hydrogens is 334 g/mol. The van der Waals surface area contributed by atoms with Gasteiger partial charge in [-0.3, -0.25) is 9.69 Å². The molecule has 1 aromatic carbocycles. The summed E-state index contributed by atoms with van der Waals surface area (Å²) in [5.74, 6) is 0.0462. The molecule has 2 N–H and O–H groups in total. The van der Waals surface area contributed by atoms with Crippen LogP contribution in [0.25, 0.3) is 10.9 Å². The highest BCUT2D eigenvalue weighted by atomic mass is 16.5. The van der Waals surface area contributed by atoms with E-state index in [0.29, 0.717) is 25.0 Å². The summed E-state index contributed by atoms with van der Waals surface area (Å²) in [4.78, 5) is 28.3. The Kier molecular flexibility index (Phi) is 4.60. The number of amides is 2. The lowest BCUT2D eigenvalue weighted by atomic mass is 10.0. The van der Waals surface area contributed by atoms with Crippen LogP contribution in [-0.2, 0) is 22.5 Å². The Morgan fingerprint density at radius 1 is 1.23 bits per heavy atom. The zero-order valence-corrected chi connectivity index (χ0v) is 14.6. The Hall–Kier alpha value is -2.45. The number of morpholine rings is 1. The van der Waals surface area contributed by atoms with Crippen molar-refractivity contribution >= 4 is 22.8 Å². The van der Waals surface area contributed by atoms with E-state index in [2.05, 4.69) is 10.00 Å². The number of hydrogen-bond donors (Lipinski definition) is 1. The molecule has 2 amide bonds. The van der Waals surface area contributed by atoms with Crippen LogP contribution in [0.1, 0.15) is 11.1 Å². The van der Waals surface area contributed by atoms with Gasteiger partial charge in [-0.1, -0.05) is 6.07 Å². The zero-order chi connectivity index (χ0) is 18.1. The van der Waals surface area contributed by atoms with E-state index in [1.807, 2.05) is 17.0 Å². The maximum absolute atomic E-state index is 12.5. The van der Waals surface area contributed by atoms with Gasteiger partial charge in [0.1, 0.15) is 0 Å². The Morgan fingerprint density at radius 2 is 2.04 bits per heavy atom. The third kappa shape index (κ3) is 3.17. The standard InChI is InChI=1S/C18H22N5O3/c19-18(25)23-16-3-1-13-2-4-17(24)22(12-15(13)14(16)11-20-23)6-5-21-7-9-26-10-8-21/h1,3-4,11H,2,5-10,12H2,(H2,19,25). The van der Waals surface area contributed by atoms with Crippen molar-refractivity contribution in [2.45, 2.75) is 13.0 Å². The Bertz CT molecular complexity index is 841. The third-order valence-corrected chi connectivity index (χ3v) is 5.12. The van der Waals surface area contributed by atoms with Crippen LogP contribution in [0.2, 0.25) is 0 Å². The van der Waals surface area contributed by atoms with Crippen molar-refractivity contribution in [3.8, 4) is 0 Å². The molecule has 0 unspecified atom stereocenters. The average molecular weight is 356 g/mol. The van der Waals surface area contributed by atoms with Gasteiger partial charge in [-0.05, 0) is 23.6 Å². The first kappa shape index (κ1) is 17.0. The van der Waals surface area contributed by atoms with Gasteiger partial charge in [-0.2, -0.15) is 9.78 Å². The van der Waals surface area contributed by atoms with Gasteiger partial charge in [-0.15, -0.1) is 0 Å². The lowest BCUT2D eigenvalue weighted by Gasteiger charge is -2.29. The van der Waals surface area contributed by atoms with Gasteiger partial charge in [0.25, 0.3) is 0 Å². The molecule has 0 bridgehead atoms. The van der Waals surface area contributed by atoms with Crippen LogP contribution in [0.4, 0.5) is 4.79 Å². The number of carbonyl (C=O) groups excluding carboxylic acids is 2. The minimum Gasteiger partial charge on any atom is -0.379 e. The predicted octanol–water partition coefficient (Wildman–Crippen LogP) is 0.384. The van der Waals surface area contributed by atoms with E-state index in [9.17, 15) is 9.59 Å². The van der Waals surface area contributed by atoms with Crippen LogP contribution in [0, 0.1) is 6.42 Å². The second-order valence-corrected chi connectivity index (χ2v) is 6.65. The average Bonchev–Trinajstić information content (AvgIpc) is 3.02. The summed E-state index contributed by atoms with van der Waals surface area (Å²) < 4.78 is 6.57. The number of fused-ring (bicyclic) bond motifs is 3. The number of primary amides is 1. The van der Waals surface area contributed by atoms with E-state index in [4.69, 9.17) is 10.5 Å². The normalized spacial score (nSPS) is 18.8. The minimum absolute atomic E-state index is 0.0462. The monoisotopic (exact) mass is 356 g/mol. The lowest BCUT2D eigenvalue weighted by Crippen LogP contribution is -2.42. The number of ether oxygens (including phenoxy) is 1. The number of carbonyl (C=O) groups is 2. The van der Waals surface area contributed by atoms with Crippen molar-refractivity contribution in [1.82, 2.24) is 19.6 Å². The molecule has 0 spiro atoms. The van der Waals surface area contributed by atoms with Gasteiger partial charge in [0, 0.05) is 38.1 Å². The summed E-state index contributed by atoms with van der Waals surface area (Å²) in [5, 5.41) is 4.98. The smallest absolute Gasteiger partial charge is 0.340 e. The molecule has 1 aromatic heterocycles. The molecule has 0 saturated carbocycles. The topological polar surface area (TPSA) is 93.7 Å². The largest absolute Gasteiger partial charge is 0.379 e. The summed E-state index contributed by atoms with van der Waals surface area (Å²) in [5.41, 5.74) is 8.19. The van der Waals surface area contributed by atoms with Gasteiger partial charge < -0.3 is 15.4 Å². The Balaban J connectivity index is 1.59. The molecule has 1 saturated heterocycles. The van der Waals surface area contributed by atoms with Gasteiger partial charge in [0.15, 0.2) is 0 Å². The number of nitrogens with zero attached hydrogens (tertiary/aromatic N) is 4. The van der Waals surface area contributed by atoms with Gasteiger partial charge in [0.05, 0.1) is 31.3 Å². The minimum atomic E-state index is -0.611. The molecule has 2 aliphatic rings. The molecule has 8 nitrogen and oxygen atoms in total. The molecule has 3 heterocycles. The molecule has 0 atom stereocenters. The Labute approximate surface area is 151 Å². The van der Waals surface area contributed by atoms with Crippen molar-refractivity contribution in [2.24, 2.45) is 5.73 Å². The van der Waals surface area contributed by atoms with E-state index >= 15 is 0 Å². The highest BCUT2D eigenvalue weighted by Gasteiger charge is 2.24. The SMILES string of the molecule is NC(=O)n1ncc2c3c(ccc21)C[CH]C(=O)N(CCN1CCOCC1)C3. The Morgan fingerprint density at radius 3 is 2.81 bits per heavy atom. The third-order valence-electron chi connectivity index (χ3n) is 5.12. The van der Waals surface area contributed by atoms with Crippen molar-refractivity contribution < 1.29 is 14.3 Å². The molecule has 137 valence electrons. The van der Waals surface area contributed by atoms with E-state index < -0.39 is 6.03 Å². The second-order valence-electron chi connectivity index (χ2n) is 6.65. The van der Waals surface area contributed by atoms with E-state index in [-0.39, 0.29) is 5.91 Å². The number of nitrogens with two attached hydrogens (primary N) is 1. The highest BCUT2D eigenvalue weighted by molar-refractivity contribution is 5.93. The molecule has 0 aliphatic carbocycles. The van der Waals surface area contributed by atoms with Gasteiger partial charge in [-0.25, -0.2) is 4.79 Å². The quantitative estimate of drug-likeness (QED) is 0.858. The fraction of sp³-hybridized carbons (Fsp3) is 0.444. The maximum Gasteiger partial charge on any atom is 0.340 e. The van der Waals surface area contributed by atoms with Crippen LogP contribution in [0.3, 0.4) is 0 Å². The molecule has 26 heavy (non-hydrogen) atoms. The molecule has 1 radical (unpaired) electrons. The first-order chi connectivity index (χ1) is 12.6. The van der Waals surface area contributed by atoms with Crippen LogP contribution in [0.15, 0.2) is 18.3 Å². The summed E-state index contributed by atoms with van der Waals surface area (Å²) in [6.07, 6.45) is 3.98. The predicted molar refractivity (Wildman–Crippen MR) is 95.4 cm³/mol. The van der Waals surface area contributed by atoms with Crippen molar-refractivity contribution in [3.63, 3.8) is 0 Å². The van der Waals surface area contributed by atoms with E-state index in [1.165, 1.54) is 4.68 Å². The van der Waals surface area contributed by atoms with Crippen LogP contribution in [-0.4, -0.2) is 70.9 Å². The molecule has 1 fully saturated rings. The summed E-state index contributed by atoms with van der Waals surface area (Å²) in [6.45, 7) is 5.29. The highest BCUT2D eigenvalue weighted by Crippen LogP contribution is 2.27. The van der Waals surface area contributed by atoms with Crippen molar-refractivity contribution in [3.05, 3.63) is 35.9 Å². The molecule has 2 aliphatic heterocycles. The molecule has 2 aromatic rings. The number of rotatable bonds is 3. The number of hydrogen-bond acceptors (Lipinski definition) is 5. The first-order valence-corrected chi connectivity index (χ1v) is 8.84. The second kappa shape index (κ2) is 7.05. The maximum atomic E-state index is 12.5. The van der Waals surface area contributed by atoms with Crippen LogP contribution >= 0.6 is 0 Å². The molecule has 4 rings (SSSR count). The molecule has 8 heteroatoms. The fourth-order valence-corrected chi connectivity index (χ4v) is 3.63. The summed E-state index contributed by atoms with van der Waals surface area (Å²) >= 11 is 0. The van der Waals surface area contributed by atoms with Crippen molar-refractivity contribution in [2.75, 3.05) is 39.4 Å². The first-order valence-electron chi connectivity index (χ1n) is 8.84. The zero-order valence-electron chi connectivity index (χ0n) is 14.6. The van der Waals surface area contributed by atoms with E-state index in [1.54, 1.807) is 12.6 Å². The number of benzene rings is 1. The molecular formula is C18H22N5O3. The fourth-order valence-electron chi connectivity index (χ4n) is 3.63. The van der Waals surface area contributed by atoms with Gasteiger partial charge >= 0.3 is 6.03 Å². The van der Waals surface area contributed by atoms with Gasteiger partial charge in [0.2, 0.25) is 5.91 Å². The van der Waals surface area contributed by atoms with Crippen LogP contribution in [0.5, 0.6) is 0 Å². The van der Waals surface area contributed by atoms with E-state index in [0.717, 1.165) is 49.4 Å². The van der Waals surface area contributed by atoms with Crippen molar-refractivity contribution in [1.29, 1.82) is 0 Å².